The van der Waals surface area contributed by atoms with Gasteiger partial charge in [-0.2, -0.15) is 11.3 Å². The number of piperazine rings is 1. The molecule has 6 heteroatoms. The van der Waals surface area contributed by atoms with Crippen LogP contribution in [0.15, 0.2) is 41.1 Å². The van der Waals surface area contributed by atoms with Crippen LogP contribution in [0.5, 0.6) is 0 Å². The SMILES string of the molecule is O=C(CCc1ccsc1)N1CC[NH+](Cc2nc3ccccc3s2)CC1. The van der Waals surface area contributed by atoms with E-state index in [0.717, 1.165) is 44.7 Å². The smallest absolute Gasteiger partial charge is 0.223 e. The summed E-state index contributed by atoms with van der Waals surface area (Å²) >= 11 is 3.49. The van der Waals surface area contributed by atoms with E-state index in [1.54, 1.807) is 22.7 Å². The molecule has 0 atom stereocenters. The van der Waals surface area contributed by atoms with Gasteiger partial charge in [-0.1, -0.05) is 12.1 Å². The van der Waals surface area contributed by atoms with E-state index >= 15 is 0 Å². The molecule has 1 aliphatic rings. The molecule has 0 radical (unpaired) electrons. The van der Waals surface area contributed by atoms with Gasteiger partial charge in [-0.15, -0.1) is 11.3 Å². The summed E-state index contributed by atoms with van der Waals surface area (Å²) in [5, 5.41) is 5.41. The first kappa shape index (κ1) is 16.7. The first-order valence-electron chi connectivity index (χ1n) is 8.75. The van der Waals surface area contributed by atoms with Crippen molar-refractivity contribution in [3.05, 3.63) is 51.7 Å². The van der Waals surface area contributed by atoms with Gasteiger partial charge < -0.3 is 9.80 Å². The molecule has 1 aromatic carbocycles. The van der Waals surface area contributed by atoms with Crippen molar-refractivity contribution in [2.24, 2.45) is 0 Å². The third-order valence-electron chi connectivity index (χ3n) is 4.77. The van der Waals surface area contributed by atoms with E-state index in [-0.39, 0.29) is 0 Å². The number of aryl methyl sites for hydroxylation is 1. The van der Waals surface area contributed by atoms with Crippen LogP contribution in [0.4, 0.5) is 0 Å². The van der Waals surface area contributed by atoms with Gasteiger partial charge in [0.25, 0.3) is 0 Å². The monoisotopic (exact) mass is 372 g/mol. The molecule has 3 heterocycles. The lowest BCUT2D eigenvalue weighted by atomic mass is 10.1. The molecule has 1 fully saturated rings. The Morgan fingerprint density at radius 3 is 2.80 bits per heavy atom. The number of para-hydroxylation sites is 1. The molecule has 1 N–H and O–H groups in total. The van der Waals surface area contributed by atoms with Crippen LogP contribution in [-0.2, 0) is 17.8 Å². The molecule has 2 aromatic heterocycles. The molecule has 3 aromatic rings. The maximum atomic E-state index is 12.4. The summed E-state index contributed by atoms with van der Waals surface area (Å²) in [4.78, 5) is 20.7. The van der Waals surface area contributed by atoms with Crippen LogP contribution in [0.3, 0.4) is 0 Å². The van der Waals surface area contributed by atoms with Crippen molar-refractivity contribution in [2.45, 2.75) is 19.4 Å². The molecule has 1 amide bonds. The highest BCUT2D eigenvalue weighted by atomic mass is 32.1. The lowest BCUT2D eigenvalue weighted by molar-refractivity contribution is -0.917. The predicted molar refractivity (Wildman–Crippen MR) is 103 cm³/mol. The predicted octanol–water partition coefficient (Wildman–Crippen LogP) is 2.22. The number of thiophene rings is 1. The second-order valence-electron chi connectivity index (χ2n) is 6.51. The number of carbonyl (C=O) groups excluding carboxylic acids is 1. The zero-order chi connectivity index (χ0) is 17.1. The van der Waals surface area contributed by atoms with Crippen LogP contribution in [0.25, 0.3) is 10.2 Å². The summed E-state index contributed by atoms with van der Waals surface area (Å²) in [7, 11) is 0. The van der Waals surface area contributed by atoms with Crippen LogP contribution in [0.1, 0.15) is 17.0 Å². The summed E-state index contributed by atoms with van der Waals surface area (Å²) in [6, 6.07) is 10.4. The molecule has 0 aliphatic carbocycles. The van der Waals surface area contributed by atoms with Crippen molar-refractivity contribution in [2.75, 3.05) is 26.2 Å². The van der Waals surface area contributed by atoms with Gasteiger partial charge in [-0.05, 0) is 40.9 Å². The fourth-order valence-electron chi connectivity index (χ4n) is 3.30. The Kier molecular flexibility index (Phi) is 5.10. The van der Waals surface area contributed by atoms with Crippen molar-refractivity contribution in [3.8, 4) is 0 Å². The fraction of sp³-hybridized carbons (Fsp3) is 0.368. The minimum absolute atomic E-state index is 0.297. The molecule has 0 spiro atoms. The average molecular weight is 373 g/mol. The number of carbonyl (C=O) groups is 1. The minimum atomic E-state index is 0.297. The Balaban J connectivity index is 1.27. The molecule has 0 bridgehead atoms. The van der Waals surface area contributed by atoms with E-state index in [2.05, 4.69) is 35.0 Å². The molecule has 130 valence electrons. The topological polar surface area (TPSA) is 37.6 Å². The van der Waals surface area contributed by atoms with Gasteiger partial charge in [-0.25, -0.2) is 4.98 Å². The highest BCUT2D eigenvalue weighted by Crippen LogP contribution is 2.20. The second kappa shape index (κ2) is 7.64. The third kappa shape index (κ3) is 4.08. The average Bonchev–Trinajstić information content (AvgIpc) is 3.29. The van der Waals surface area contributed by atoms with Crippen molar-refractivity contribution in [3.63, 3.8) is 0 Å². The maximum absolute atomic E-state index is 12.4. The highest BCUT2D eigenvalue weighted by molar-refractivity contribution is 7.18. The number of fused-ring (bicyclic) bond motifs is 1. The Hall–Kier alpha value is -1.76. The number of amides is 1. The third-order valence-corrected chi connectivity index (χ3v) is 6.54. The maximum Gasteiger partial charge on any atom is 0.223 e. The van der Waals surface area contributed by atoms with Gasteiger partial charge in [0.1, 0.15) is 11.6 Å². The van der Waals surface area contributed by atoms with Crippen LogP contribution < -0.4 is 4.90 Å². The molecule has 1 saturated heterocycles. The van der Waals surface area contributed by atoms with Crippen molar-refractivity contribution < 1.29 is 9.69 Å². The van der Waals surface area contributed by atoms with E-state index in [9.17, 15) is 4.79 Å². The van der Waals surface area contributed by atoms with Gasteiger partial charge in [0.15, 0.2) is 0 Å². The second-order valence-corrected chi connectivity index (χ2v) is 8.41. The number of nitrogens with zero attached hydrogens (tertiary/aromatic N) is 2. The summed E-state index contributed by atoms with van der Waals surface area (Å²) in [5.74, 6) is 0.297. The quantitative estimate of drug-likeness (QED) is 0.746. The number of thiazole rings is 1. The first-order valence-corrected chi connectivity index (χ1v) is 10.5. The number of nitrogens with one attached hydrogen (secondary N) is 1. The Bertz CT molecular complexity index is 802. The number of aromatic nitrogens is 1. The lowest BCUT2D eigenvalue weighted by Gasteiger charge is -2.31. The molecular weight excluding hydrogens is 350 g/mol. The molecule has 0 saturated carbocycles. The van der Waals surface area contributed by atoms with Crippen molar-refractivity contribution in [1.82, 2.24) is 9.88 Å². The minimum Gasteiger partial charge on any atom is -0.331 e. The molecule has 4 rings (SSSR count). The standard InChI is InChI=1S/C19H21N3OS2/c23-19(6-5-15-7-12-24-14-15)22-10-8-21(9-11-22)13-18-20-16-3-1-2-4-17(16)25-18/h1-4,7,12,14H,5-6,8-11,13H2/p+1. The van der Waals surface area contributed by atoms with Crippen LogP contribution in [0, 0.1) is 0 Å². The van der Waals surface area contributed by atoms with Crippen LogP contribution >= 0.6 is 22.7 Å². The lowest BCUT2D eigenvalue weighted by Crippen LogP contribution is -3.13. The van der Waals surface area contributed by atoms with Crippen molar-refractivity contribution in [1.29, 1.82) is 0 Å². The molecule has 1 aliphatic heterocycles. The number of benzene rings is 1. The van der Waals surface area contributed by atoms with E-state index in [0.29, 0.717) is 12.3 Å². The molecule has 0 unspecified atom stereocenters. The highest BCUT2D eigenvalue weighted by Gasteiger charge is 2.24. The summed E-state index contributed by atoms with van der Waals surface area (Å²) in [6.45, 7) is 4.72. The summed E-state index contributed by atoms with van der Waals surface area (Å²) in [5.41, 5.74) is 2.38. The number of hydrogen-bond acceptors (Lipinski definition) is 4. The van der Waals surface area contributed by atoms with E-state index < -0.39 is 0 Å². The zero-order valence-corrected chi connectivity index (χ0v) is 15.7. The zero-order valence-electron chi connectivity index (χ0n) is 14.1. The Morgan fingerprint density at radius 1 is 1.20 bits per heavy atom. The van der Waals surface area contributed by atoms with Gasteiger partial charge >= 0.3 is 0 Å². The normalized spacial score (nSPS) is 15.8. The summed E-state index contributed by atoms with van der Waals surface area (Å²) in [6.07, 6.45) is 1.49. The van der Waals surface area contributed by atoms with Gasteiger partial charge in [0.2, 0.25) is 5.91 Å². The van der Waals surface area contributed by atoms with Gasteiger partial charge in [-0.3, -0.25) is 4.79 Å². The van der Waals surface area contributed by atoms with Crippen LogP contribution in [-0.4, -0.2) is 42.0 Å². The van der Waals surface area contributed by atoms with E-state index in [1.807, 2.05) is 11.0 Å². The molecular formula is C19H22N3OS2+. The molecule has 4 nitrogen and oxygen atoms in total. The van der Waals surface area contributed by atoms with Crippen molar-refractivity contribution >= 4 is 38.8 Å². The molecule has 25 heavy (non-hydrogen) atoms. The summed E-state index contributed by atoms with van der Waals surface area (Å²) < 4.78 is 1.26. The first-order chi connectivity index (χ1) is 12.3. The largest absolute Gasteiger partial charge is 0.331 e. The number of quaternary nitrogens is 1. The van der Waals surface area contributed by atoms with Crippen LogP contribution in [0.2, 0.25) is 0 Å². The van der Waals surface area contributed by atoms with E-state index in [1.165, 1.54) is 20.2 Å². The number of hydrogen-bond donors (Lipinski definition) is 1. The Labute approximate surface area is 155 Å². The van der Waals surface area contributed by atoms with Gasteiger partial charge in [0.05, 0.1) is 36.4 Å². The van der Waals surface area contributed by atoms with Gasteiger partial charge in [0, 0.05) is 6.42 Å². The number of rotatable bonds is 5. The van der Waals surface area contributed by atoms with E-state index in [4.69, 9.17) is 4.98 Å². The fourth-order valence-corrected chi connectivity index (χ4v) is 5.04. The Morgan fingerprint density at radius 2 is 2.04 bits per heavy atom.